The van der Waals surface area contributed by atoms with Crippen molar-refractivity contribution in [1.82, 2.24) is 9.62 Å². The van der Waals surface area contributed by atoms with Crippen LogP contribution >= 0.6 is 11.6 Å². The Balaban J connectivity index is 1.62. The second-order valence-corrected chi connectivity index (χ2v) is 9.02. The van der Waals surface area contributed by atoms with Gasteiger partial charge in [-0.1, -0.05) is 41.9 Å². The second-order valence-electron chi connectivity index (χ2n) is 6.67. The fraction of sp³-hybridized carbons (Fsp3) is 0.286. The molecule has 3 rings (SSSR count). The zero-order valence-corrected chi connectivity index (χ0v) is 17.6. The van der Waals surface area contributed by atoms with Gasteiger partial charge in [-0.05, 0) is 42.3 Å². The van der Waals surface area contributed by atoms with Gasteiger partial charge in [0, 0.05) is 24.2 Å². The van der Waals surface area contributed by atoms with Crippen molar-refractivity contribution < 1.29 is 17.9 Å². The normalized spacial score (nSPS) is 16.6. The fourth-order valence-corrected chi connectivity index (χ4v) is 4.73. The van der Waals surface area contributed by atoms with Gasteiger partial charge >= 0.3 is 0 Å². The highest BCUT2D eigenvalue weighted by molar-refractivity contribution is 7.89. The third kappa shape index (κ3) is 5.45. The number of amides is 1. The minimum atomic E-state index is -3.52. The van der Waals surface area contributed by atoms with Gasteiger partial charge in [0.25, 0.3) is 0 Å². The van der Waals surface area contributed by atoms with Crippen LogP contribution in [-0.4, -0.2) is 44.9 Å². The van der Waals surface area contributed by atoms with Gasteiger partial charge in [-0.15, -0.1) is 0 Å². The molecule has 154 valence electrons. The maximum Gasteiger partial charge on any atom is 0.244 e. The molecule has 1 atom stereocenters. The van der Waals surface area contributed by atoms with Crippen molar-refractivity contribution in [2.75, 3.05) is 26.3 Å². The minimum Gasteiger partial charge on any atom is -0.379 e. The molecular formula is C21H23ClN2O4S. The summed E-state index contributed by atoms with van der Waals surface area (Å²) >= 11 is 6.15. The molecule has 0 spiro atoms. The van der Waals surface area contributed by atoms with E-state index < -0.39 is 10.0 Å². The molecule has 1 aliphatic heterocycles. The predicted molar refractivity (Wildman–Crippen MR) is 113 cm³/mol. The zero-order valence-electron chi connectivity index (χ0n) is 16.0. The number of carbonyl (C=O) groups is 1. The van der Waals surface area contributed by atoms with E-state index in [1.54, 1.807) is 36.4 Å². The van der Waals surface area contributed by atoms with E-state index in [4.69, 9.17) is 16.3 Å². The summed E-state index contributed by atoms with van der Waals surface area (Å²) in [5, 5.41) is 3.46. The standard InChI is InChI=1S/C21H23ClN2O4S/c1-16(19-4-2-3-5-20(19)22)23-21(25)11-8-17-6-9-18(10-7-17)29(26,27)24-12-14-28-15-13-24/h2-11,16H,12-15H2,1H3,(H,23,25)/b11-8+. The number of nitrogens with one attached hydrogen (secondary N) is 1. The van der Waals surface area contributed by atoms with Crippen molar-refractivity contribution in [3.63, 3.8) is 0 Å². The van der Waals surface area contributed by atoms with Gasteiger partial charge in [0.15, 0.2) is 0 Å². The van der Waals surface area contributed by atoms with E-state index in [1.165, 1.54) is 10.4 Å². The molecule has 1 unspecified atom stereocenters. The molecule has 0 aromatic heterocycles. The summed E-state index contributed by atoms with van der Waals surface area (Å²) in [5.41, 5.74) is 1.57. The van der Waals surface area contributed by atoms with Crippen LogP contribution in [0.15, 0.2) is 59.5 Å². The zero-order chi connectivity index (χ0) is 20.9. The van der Waals surface area contributed by atoms with E-state index in [1.807, 2.05) is 25.1 Å². The summed E-state index contributed by atoms with van der Waals surface area (Å²) < 4.78 is 31.9. The molecule has 0 radical (unpaired) electrons. The van der Waals surface area contributed by atoms with Crippen LogP contribution in [0.4, 0.5) is 0 Å². The van der Waals surface area contributed by atoms with Crippen LogP contribution in [0.5, 0.6) is 0 Å². The molecule has 2 aromatic rings. The van der Waals surface area contributed by atoms with E-state index in [2.05, 4.69) is 5.32 Å². The summed E-state index contributed by atoms with van der Waals surface area (Å²) in [6, 6.07) is 13.6. The van der Waals surface area contributed by atoms with Gasteiger partial charge in [-0.25, -0.2) is 8.42 Å². The molecule has 1 N–H and O–H groups in total. The number of carbonyl (C=O) groups excluding carboxylic acids is 1. The monoisotopic (exact) mass is 434 g/mol. The molecule has 1 fully saturated rings. The Morgan fingerprint density at radius 2 is 1.79 bits per heavy atom. The van der Waals surface area contributed by atoms with Crippen LogP contribution in [0, 0.1) is 0 Å². The van der Waals surface area contributed by atoms with Gasteiger partial charge in [0.2, 0.25) is 15.9 Å². The first-order valence-corrected chi connectivity index (χ1v) is 11.1. The Morgan fingerprint density at radius 1 is 1.14 bits per heavy atom. The van der Waals surface area contributed by atoms with E-state index in [9.17, 15) is 13.2 Å². The van der Waals surface area contributed by atoms with Crippen LogP contribution in [-0.2, 0) is 19.6 Å². The Hall–Kier alpha value is -2.19. The van der Waals surface area contributed by atoms with E-state index in [0.29, 0.717) is 31.3 Å². The summed E-state index contributed by atoms with van der Waals surface area (Å²) in [6.07, 6.45) is 3.05. The minimum absolute atomic E-state index is 0.230. The number of morpholine rings is 1. The maximum atomic E-state index is 12.6. The summed E-state index contributed by atoms with van der Waals surface area (Å²) in [4.78, 5) is 12.4. The van der Waals surface area contributed by atoms with Crippen LogP contribution in [0.3, 0.4) is 0 Å². The third-order valence-electron chi connectivity index (χ3n) is 4.65. The molecule has 1 heterocycles. The van der Waals surface area contributed by atoms with Crippen molar-refractivity contribution in [1.29, 1.82) is 0 Å². The number of ether oxygens (including phenoxy) is 1. The average Bonchev–Trinajstić information content (AvgIpc) is 2.73. The van der Waals surface area contributed by atoms with Crippen LogP contribution in [0.2, 0.25) is 5.02 Å². The molecule has 0 bridgehead atoms. The molecule has 6 nitrogen and oxygen atoms in total. The topological polar surface area (TPSA) is 75.7 Å². The number of benzene rings is 2. The highest BCUT2D eigenvalue weighted by atomic mass is 35.5. The summed E-state index contributed by atoms with van der Waals surface area (Å²) in [6.45, 7) is 3.38. The number of rotatable bonds is 6. The largest absolute Gasteiger partial charge is 0.379 e. The predicted octanol–water partition coefficient (Wildman–Crippen LogP) is 3.25. The quantitative estimate of drug-likeness (QED) is 0.708. The lowest BCUT2D eigenvalue weighted by Crippen LogP contribution is -2.40. The Morgan fingerprint density at radius 3 is 2.45 bits per heavy atom. The van der Waals surface area contributed by atoms with Gasteiger partial charge in [-0.3, -0.25) is 4.79 Å². The lowest BCUT2D eigenvalue weighted by molar-refractivity contribution is -0.117. The number of nitrogens with zero attached hydrogens (tertiary/aromatic N) is 1. The first-order valence-electron chi connectivity index (χ1n) is 9.29. The van der Waals surface area contributed by atoms with E-state index in [0.717, 1.165) is 11.1 Å². The number of halogens is 1. The number of hydrogen-bond donors (Lipinski definition) is 1. The summed E-state index contributed by atoms with van der Waals surface area (Å²) in [7, 11) is -3.52. The van der Waals surface area contributed by atoms with Gasteiger partial charge < -0.3 is 10.1 Å². The molecular weight excluding hydrogens is 412 g/mol. The van der Waals surface area contributed by atoms with Crippen LogP contribution in [0.1, 0.15) is 24.1 Å². The highest BCUT2D eigenvalue weighted by Crippen LogP contribution is 2.22. The molecule has 29 heavy (non-hydrogen) atoms. The smallest absolute Gasteiger partial charge is 0.244 e. The average molecular weight is 435 g/mol. The second kappa shape index (κ2) is 9.54. The maximum absolute atomic E-state index is 12.6. The summed E-state index contributed by atoms with van der Waals surface area (Å²) in [5.74, 6) is -0.262. The van der Waals surface area contributed by atoms with Gasteiger partial charge in [-0.2, -0.15) is 4.31 Å². The van der Waals surface area contributed by atoms with Crippen molar-refractivity contribution in [2.45, 2.75) is 17.9 Å². The first-order chi connectivity index (χ1) is 13.9. The molecule has 0 aliphatic carbocycles. The molecule has 0 saturated carbocycles. The number of hydrogen-bond acceptors (Lipinski definition) is 4. The van der Waals surface area contributed by atoms with Gasteiger partial charge in [0.05, 0.1) is 24.2 Å². The van der Waals surface area contributed by atoms with Crippen molar-refractivity contribution in [3.05, 3.63) is 70.8 Å². The Kier molecular flexibility index (Phi) is 7.08. The van der Waals surface area contributed by atoms with Gasteiger partial charge in [0.1, 0.15) is 0 Å². The Bertz CT molecular complexity index is 984. The number of sulfonamides is 1. The van der Waals surface area contributed by atoms with Crippen LogP contribution < -0.4 is 5.32 Å². The Labute approximate surface area is 176 Å². The molecule has 1 amide bonds. The van der Waals surface area contributed by atoms with Crippen LogP contribution in [0.25, 0.3) is 6.08 Å². The third-order valence-corrected chi connectivity index (χ3v) is 6.90. The molecule has 8 heteroatoms. The lowest BCUT2D eigenvalue weighted by atomic mass is 10.1. The lowest BCUT2D eigenvalue weighted by Gasteiger charge is -2.26. The van der Waals surface area contributed by atoms with Crippen molar-refractivity contribution >= 4 is 33.6 Å². The van der Waals surface area contributed by atoms with E-state index >= 15 is 0 Å². The van der Waals surface area contributed by atoms with E-state index in [-0.39, 0.29) is 16.8 Å². The SMILES string of the molecule is CC(NC(=O)/C=C/c1ccc(S(=O)(=O)N2CCOCC2)cc1)c1ccccc1Cl. The molecule has 2 aromatic carbocycles. The fourth-order valence-electron chi connectivity index (χ4n) is 3.02. The molecule has 1 aliphatic rings. The molecule has 1 saturated heterocycles. The highest BCUT2D eigenvalue weighted by Gasteiger charge is 2.25. The first kappa shape index (κ1) is 21.5. The van der Waals surface area contributed by atoms with Crippen molar-refractivity contribution in [2.24, 2.45) is 0 Å². The van der Waals surface area contributed by atoms with Crippen molar-refractivity contribution in [3.8, 4) is 0 Å².